The molecule has 0 aromatic rings. The third kappa shape index (κ3) is 4.24. The number of carbonyl (C=O) groups excluding carboxylic acids is 1. The molecular weight excluding hydrogens is 142 g/mol. The van der Waals surface area contributed by atoms with Gasteiger partial charge in [-0.05, 0) is 6.92 Å². The molecule has 0 spiro atoms. The number of ether oxygens (including phenoxy) is 1. The van der Waals surface area contributed by atoms with Gasteiger partial charge >= 0.3 is 5.97 Å². The van der Waals surface area contributed by atoms with Gasteiger partial charge in [-0.2, -0.15) is 0 Å². The zero-order valence-corrected chi connectivity index (χ0v) is 6.02. The lowest BCUT2D eigenvalue weighted by atomic mass is 10.4. The lowest BCUT2D eigenvalue weighted by molar-refractivity contribution is -0.144. The van der Waals surface area contributed by atoms with Crippen molar-refractivity contribution >= 4 is 17.6 Å². The maximum atomic E-state index is 10.5. The van der Waals surface area contributed by atoms with Gasteiger partial charge in [0.1, 0.15) is 12.6 Å². The molecule has 1 atom stereocenters. The van der Waals surface area contributed by atoms with Gasteiger partial charge in [0.2, 0.25) is 0 Å². The smallest absolute Gasteiger partial charge is 0.322 e. The molecule has 0 fully saturated rings. The molecule has 0 rings (SSSR count). The summed E-state index contributed by atoms with van der Waals surface area (Å²) in [6.45, 7) is 1.80. The number of hydrogen-bond donors (Lipinski definition) is 1. The summed E-state index contributed by atoms with van der Waals surface area (Å²) < 4.78 is 4.56. The fraction of sp³-hybridized carbons (Fsp3) is 0.800. The molecular formula is C5H10ClNO2. The van der Waals surface area contributed by atoms with E-state index in [1.165, 1.54) is 0 Å². The van der Waals surface area contributed by atoms with Crippen LogP contribution in [0.5, 0.6) is 0 Å². The van der Waals surface area contributed by atoms with Crippen molar-refractivity contribution in [3.63, 3.8) is 0 Å². The van der Waals surface area contributed by atoms with Crippen LogP contribution in [0, 0.1) is 0 Å². The molecule has 1 unspecified atom stereocenters. The summed E-state index contributed by atoms with van der Waals surface area (Å²) in [6.07, 6.45) is 0. The molecule has 0 saturated heterocycles. The molecule has 0 heterocycles. The maximum absolute atomic E-state index is 10.5. The third-order valence-electron chi connectivity index (χ3n) is 0.693. The molecule has 54 valence electrons. The Morgan fingerprint density at radius 3 is 2.78 bits per heavy atom. The van der Waals surface area contributed by atoms with Gasteiger partial charge in [0.15, 0.2) is 0 Å². The van der Waals surface area contributed by atoms with Gasteiger partial charge in [0.05, 0.1) is 5.88 Å². The standard InChI is InChI=1S/C5H10ClNO2/c1-4(7)5(8)9-3-2-6/h4H,2-3,7H2,1H3. The Morgan fingerprint density at radius 1 is 1.89 bits per heavy atom. The van der Waals surface area contributed by atoms with Crippen LogP contribution in [-0.2, 0) is 9.53 Å². The van der Waals surface area contributed by atoms with E-state index in [4.69, 9.17) is 17.3 Å². The molecule has 2 N–H and O–H groups in total. The average Bonchev–Trinajstić information content (AvgIpc) is 1.82. The summed E-state index contributed by atoms with van der Waals surface area (Å²) in [5.41, 5.74) is 5.16. The first-order valence-corrected chi connectivity index (χ1v) is 3.20. The summed E-state index contributed by atoms with van der Waals surface area (Å²) in [6, 6.07) is -0.548. The number of halogens is 1. The lowest BCUT2D eigenvalue weighted by Gasteiger charge is -2.03. The Hall–Kier alpha value is -0.280. The Bertz CT molecular complexity index is 95.0. The van der Waals surface area contributed by atoms with Crippen molar-refractivity contribution in [3.8, 4) is 0 Å². The first-order valence-electron chi connectivity index (χ1n) is 2.66. The van der Waals surface area contributed by atoms with Crippen molar-refractivity contribution in [1.29, 1.82) is 0 Å². The van der Waals surface area contributed by atoms with Crippen molar-refractivity contribution in [1.82, 2.24) is 0 Å². The van der Waals surface area contributed by atoms with Crippen molar-refractivity contribution in [2.24, 2.45) is 5.73 Å². The van der Waals surface area contributed by atoms with E-state index in [2.05, 4.69) is 4.74 Å². The summed E-state index contributed by atoms with van der Waals surface area (Å²) in [7, 11) is 0. The van der Waals surface area contributed by atoms with Crippen LogP contribution in [0.15, 0.2) is 0 Å². The second kappa shape index (κ2) is 4.58. The van der Waals surface area contributed by atoms with Crippen molar-refractivity contribution in [3.05, 3.63) is 0 Å². The zero-order chi connectivity index (χ0) is 7.28. The highest BCUT2D eigenvalue weighted by Crippen LogP contribution is 1.84. The Labute approximate surface area is 59.1 Å². The highest BCUT2D eigenvalue weighted by molar-refractivity contribution is 6.18. The molecule has 0 amide bonds. The Morgan fingerprint density at radius 2 is 2.44 bits per heavy atom. The van der Waals surface area contributed by atoms with Crippen LogP contribution in [0.2, 0.25) is 0 Å². The third-order valence-corrected chi connectivity index (χ3v) is 0.848. The summed E-state index contributed by atoms with van der Waals surface area (Å²) in [5.74, 6) is -0.0889. The number of carbonyl (C=O) groups is 1. The van der Waals surface area contributed by atoms with Gasteiger partial charge in [-0.25, -0.2) is 0 Å². The predicted octanol–water partition coefficient (Wildman–Crippen LogP) is 0.116. The van der Waals surface area contributed by atoms with Crippen LogP contribution in [0.4, 0.5) is 0 Å². The summed E-state index contributed by atoms with van der Waals surface area (Å²) in [5, 5.41) is 0. The molecule has 0 aromatic carbocycles. The van der Waals surface area contributed by atoms with Gasteiger partial charge in [0, 0.05) is 0 Å². The predicted molar refractivity (Wildman–Crippen MR) is 35.3 cm³/mol. The van der Waals surface area contributed by atoms with E-state index in [0.29, 0.717) is 5.88 Å². The number of esters is 1. The summed E-state index contributed by atoms with van der Waals surface area (Å²) >= 11 is 5.23. The molecule has 0 aliphatic heterocycles. The molecule has 0 aromatic heterocycles. The SMILES string of the molecule is CC(N)C(=O)OCCCl. The van der Waals surface area contributed by atoms with Gasteiger partial charge in [-0.3, -0.25) is 4.79 Å². The molecule has 0 aliphatic carbocycles. The topological polar surface area (TPSA) is 52.3 Å². The van der Waals surface area contributed by atoms with E-state index in [0.717, 1.165) is 0 Å². The molecule has 0 saturated carbocycles. The second-order valence-electron chi connectivity index (χ2n) is 1.65. The monoisotopic (exact) mass is 151 g/mol. The van der Waals surface area contributed by atoms with E-state index in [9.17, 15) is 4.79 Å². The van der Waals surface area contributed by atoms with E-state index >= 15 is 0 Å². The normalized spacial score (nSPS) is 12.8. The van der Waals surface area contributed by atoms with Crippen LogP contribution in [-0.4, -0.2) is 24.5 Å². The molecule has 3 nitrogen and oxygen atoms in total. The number of rotatable bonds is 3. The molecule has 0 bridgehead atoms. The Balaban J connectivity index is 3.28. The number of alkyl halides is 1. The van der Waals surface area contributed by atoms with Crippen LogP contribution in [0.3, 0.4) is 0 Å². The van der Waals surface area contributed by atoms with Gasteiger partial charge < -0.3 is 10.5 Å². The van der Waals surface area contributed by atoms with Crippen LogP contribution >= 0.6 is 11.6 Å². The zero-order valence-electron chi connectivity index (χ0n) is 5.26. The van der Waals surface area contributed by atoms with E-state index in [1.807, 2.05) is 0 Å². The second-order valence-corrected chi connectivity index (χ2v) is 2.02. The lowest BCUT2D eigenvalue weighted by Crippen LogP contribution is -2.29. The molecule has 0 radical (unpaired) electrons. The van der Waals surface area contributed by atoms with Crippen LogP contribution in [0.1, 0.15) is 6.92 Å². The largest absolute Gasteiger partial charge is 0.463 e. The fourth-order valence-corrected chi connectivity index (χ4v) is 0.348. The average molecular weight is 152 g/mol. The maximum Gasteiger partial charge on any atom is 0.322 e. The number of nitrogens with two attached hydrogens (primary N) is 1. The highest BCUT2D eigenvalue weighted by Gasteiger charge is 2.06. The quantitative estimate of drug-likeness (QED) is 0.460. The number of hydrogen-bond acceptors (Lipinski definition) is 3. The van der Waals surface area contributed by atoms with Crippen molar-refractivity contribution in [2.75, 3.05) is 12.5 Å². The van der Waals surface area contributed by atoms with Gasteiger partial charge in [-0.1, -0.05) is 0 Å². The van der Waals surface area contributed by atoms with E-state index in [-0.39, 0.29) is 6.61 Å². The first kappa shape index (κ1) is 8.72. The molecule has 9 heavy (non-hydrogen) atoms. The van der Waals surface area contributed by atoms with Gasteiger partial charge in [0.25, 0.3) is 0 Å². The highest BCUT2D eigenvalue weighted by atomic mass is 35.5. The van der Waals surface area contributed by atoms with E-state index in [1.54, 1.807) is 6.92 Å². The van der Waals surface area contributed by atoms with Crippen LogP contribution in [0.25, 0.3) is 0 Å². The van der Waals surface area contributed by atoms with Gasteiger partial charge in [-0.15, -0.1) is 11.6 Å². The molecule has 0 aliphatic rings. The van der Waals surface area contributed by atoms with Crippen molar-refractivity contribution < 1.29 is 9.53 Å². The van der Waals surface area contributed by atoms with Crippen molar-refractivity contribution in [2.45, 2.75) is 13.0 Å². The minimum Gasteiger partial charge on any atom is -0.463 e. The van der Waals surface area contributed by atoms with Crippen LogP contribution < -0.4 is 5.73 Å². The van der Waals surface area contributed by atoms with E-state index < -0.39 is 12.0 Å². The fourth-order valence-electron chi connectivity index (χ4n) is 0.271. The summed E-state index contributed by atoms with van der Waals surface area (Å²) in [4.78, 5) is 10.5. The Kier molecular flexibility index (Phi) is 4.44. The minimum atomic E-state index is -0.548. The molecule has 4 heteroatoms. The minimum absolute atomic E-state index is 0.238. The first-order chi connectivity index (χ1) is 4.18.